The Bertz CT molecular complexity index is 228. The van der Waals surface area contributed by atoms with Crippen molar-refractivity contribution >= 4 is 22.9 Å². The highest BCUT2D eigenvalue weighted by molar-refractivity contribution is 8.19. The van der Waals surface area contributed by atoms with Crippen molar-refractivity contribution in [3.8, 4) is 0 Å². The molecule has 2 amide bonds. The summed E-state index contributed by atoms with van der Waals surface area (Å²) in [6, 6.07) is -0.808. The number of nitrogens with one attached hydrogen (secondary N) is 2. The molecule has 0 unspecified atom stereocenters. The maximum absolute atomic E-state index is 10.8. The van der Waals surface area contributed by atoms with Crippen molar-refractivity contribution in [1.29, 1.82) is 0 Å². The van der Waals surface area contributed by atoms with Gasteiger partial charge in [0.15, 0.2) is 0 Å². The molecule has 0 aromatic heterocycles. The lowest BCUT2D eigenvalue weighted by Crippen LogP contribution is -2.40. The van der Waals surface area contributed by atoms with Gasteiger partial charge in [0.25, 0.3) is 0 Å². The van der Waals surface area contributed by atoms with Crippen molar-refractivity contribution in [2.75, 3.05) is 19.0 Å². The molecule has 0 aliphatic heterocycles. The second kappa shape index (κ2) is 6.45. The maximum atomic E-state index is 10.8. The third kappa shape index (κ3) is 9.28. The molecule has 5 N–H and O–H groups in total. The zero-order valence-electron chi connectivity index (χ0n) is 8.10. The molecule has 0 aliphatic carbocycles. The number of rotatable bonds is 5. The fourth-order valence-electron chi connectivity index (χ4n) is 0.589. The van der Waals surface area contributed by atoms with Gasteiger partial charge in [0, 0.05) is 0 Å². The van der Waals surface area contributed by atoms with Crippen LogP contribution >= 0.6 is 10.9 Å². The van der Waals surface area contributed by atoms with Crippen LogP contribution in [0, 0.1) is 0 Å². The summed E-state index contributed by atoms with van der Waals surface area (Å²) < 4.78 is 30.0. The topological polar surface area (TPSA) is 128 Å². The quantitative estimate of drug-likeness (QED) is 0.433. The molecule has 8 nitrogen and oxygen atoms in total. The van der Waals surface area contributed by atoms with Gasteiger partial charge in [-0.2, -0.15) is 0 Å². The van der Waals surface area contributed by atoms with Gasteiger partial charge in [-0.3, -0.25) is 4.79 Å². The monoisotopic (exact) mass is 242 g/mol. The van der Waals surface area contributed by atoms with Crippen molar-refractivity contribution in [3.63, 3.8) is 0 Å². The highest BCUT2D eigenvalue weighted by atomic mass is 32.3. The molecule has 0 rings (SSSR count). The first-order valence-electron chi connectivity index (χ1n) is 4.01. The molecule has 0 heterocycles. The largest absolute Gasteiger partial charge is 0.465 e. The SMILES string of the molecule is CCOC(=O)CNC(=O)NCS(O)(O)O. The normalized spacial score (nSPS) is 11.7. The molecule has 0 spiro atoms. The fraction of sp³-hybridized carbons (Fsp3) is 0.667. The summed E-state index contributed by atoms with van der Waals surface area (Å²) in [6.07, 6.45) is 0. The standard InChI is InChI=1S/C6H14N2O6S/c1-2-14-5(9)3-7-6(10)8-4-15(11,12)13/h11-13H,2-4H2,1H3,(H2,7,8,10). The van der Waals surface area contributed by atoms with Crippen LogP contribution in [0.5, 0.6) is 0 Å². The molecule has 0 atom stereocenters. The van der Waals surface area contributed by atoms with Crippen molar-refractivity contribution in [2.45, 2.75) is 6.92 Å². The van der Waals surface area contributed by atoms with E-state index in [4.69, 9.17) is 13.7 Å². The highest BCUT2D eigenvalue weighted by Crippen LogP contribution is 2.29. The van der Waals surface area contributed by atoms with Gasteiger partial charge < -0.3 is 29.0 Å². The Kier molecular flexibility index (Phi) is 6.01. The van der Waals surface area contributed by atoms with E-state index in [0.29, 0.717) is 0 Å². The van der Waals surface area contributed by atoms with Gasteiger partial charge in [0.2, 0.25) is 0 Å². The summed E-state index contributed by atoms with van der Waals surface area (Å²) in [5.41, 5.74) is 0. The minimum atomic E-state index is -3.76. The van der Waals surface area contributed by atoms with Gasteiger partial charge in [-0.15, -0.1) is 0 Å². The number of amides is 2. The first kappa shape index (κ1) is 14.0. The number of hydrogen-bond acceptors (Lipinski definition) is 6. The van der Waals surface area contributed by atoms with Crippen LogP contribution < -0.4 is 10.6 Å². The van der Waals surface area contributed by atoms with Crippen LogP contribution in [0.25, 0.3) is 0 Å². The molecular formula is C6H14N2O6S. The van der Waals surface area contributed by atoms with Crippen LogP contribution in [0.1, 0.15) is 6.92 Å². The molecule has 0 aromatic rings. The van der Waals surface area contributed by atoms with Gasteiger partial charge >= 0.3 is 12.0 Å². The Morgan fingerprint density at radius 1 is 1.27 bits per heavy atom. The summed E-state index contributed by atoms with van der Waals surface area (Å²) in [5, 5.41) is 4.04. The molecule has 90 valence electrons. The second-order valence-electron chi connectivity index (χ2n) is 2.44. The van der Waals surface area contributed by atoms with Crippen molar-refractivity contribution in [2.24, 2.45) is 0 Å². The van der Waals surface area contributed by atoms with Crippen LogP contribution in [0.15, 0.2) is 0 Å². The minimum Gasteiger partial charge on any atom is -0.465 e. The molecule has 0 saturated carbocycles. The van der Waals surface area contributed by atoms with Crippen LogP contribution in [0.4, 0.5) is 4.79 Å². The van der Waals surface area contributed by atoms with E-state index in [2.05, 4.69) is 10.1 Å². The van der Waals surface area contributed by atoms with Crippen LogP contribution in [0.3, 0.4) is 0 Å². The van der Waals surface area contributed by atoms with E-state index in [9.17, 15) is 9.59 Å². The average molecular weight is 242 g/mol. The van der Waals surface area contributed by atoms with Crippen molar-refractivity contribution in [1.82, 2.24) is 10.6 Å². The summed E-state index contributed by atoms with van der Waals surface area (Å²) in [4.78, 5) is 21.6. The first-order valence-corrected chi connectivity index (χ1v) is 5.68. The van der Waals surface area contributed by atoms with E-state index >= 15 is 0 Å². The van der Waals surface area contributed by atoms with Crippen molar-refractivity contribution in [3.05, 3.63) is 0 Å². The molecule has 0 bridgehead atoms. The van der Waals surface area contributed by atoms with Crippen LogP contribution in [0.2, 0.25) is 0 Å². The predicted molar refractivity (Wildman–Crippen MR) is 53.5 cm³/mol. The van der Waals surface area contributed by atoms with Gasteiger partial charge in [0.05, 0.1) is 6.61 Å². The number of ether oxygens (including phenoxy) is 1. The lowest BCUT2D eigenvalue weighted by Gasteiger charge is -2.19. The summed E-state index contributed by atoms with van der Waals surface area (Å²) in [6.45, 7) is 1.50. The molecule has 9 heteroatoms. The van der Waals surface area contributed by atoms with E-state index in [1.807, 2.05) is 5.32 Å². The molecule has 0 saturated heterocycles. The zero-order valence-corrected chi connectivity index (χ0v) is 8.91. The molecule has 0 aliphatic rings. The lowest BCUT2D eigenvalue weighted by molar-refractivity contribution is -0.141. The fourth-order valence-corrected chi connectivity index (χ4v) is 0.914. The smallest absolute Gasteiger partial charge is 0.325 e. The van der Waals surface area contributed by atoms with E-state index in [-0.39, 0.29) is 13.2 Å². The average Bonchev–Trinajstić information content (AvgIpc) is 2.11. The summed E-state index contributed by atoms with van der Waals surface area (Å²) in [7, 11) is -3.76. The van der Waals surface area contributed by atoms with Gasteiger partial charge in [0.1, 0.15) is 23.3 Å². The molecule has 15 heavy (non-hydrogen) atoms. The number of hydrogen-bond donors (Lipinski definition) is 5. The second-order valence-corrected chi connectivity index (χ2v) is 3.99. The third-order valence-electron chi connectivity index (χ3n) is 1.12. The van der Waals surface area contributed by atoms with E-state index < -0.39 is 28.7 Å². The Hall–Kier alpha value is -1.03. The number of esters is 1. The molecule has 0 fully saturated rings. The van der Waals surface area contributed by atoms with Gasteiger partial charge in [-0.25, -0.2) is 4.79 Å². The van der Waals surface area contributed by atoms with Crippen molar-refractivity contribution < 1.29 is 28.0 Å². The highest BCUT2D eigenvalue weighted by Gasteiger charge is 2.13. The predicted octanol–water partition coefficient (Wildman–Crippen LogP) is 0.0298. The maximum Gasteiger partial charge on any atom is 0.325 e. The lowest BCUT2D eigenvalue weighted by atomic mass is 10.6. The zero-order chi connectivity index (χ0) is 11.9. The molecule has 0 aromatic carbocycles. The Morgan fingerprint density at radius 2 is 1.87 bits per heavy atom. The van der Waals surface area contributed by atoms with Gasteiger partial charge in [-0.1, -0.05) is 0 Å². The summed E-state index contributed by atoms with van der Waals surface area (Å²) in [5.74, 6) is -1.30. The van der Waals surface area contributed by atoms with Gasteiger partial charge in [-0.05, 0) is 6.92 Å². The molecule has 0 radical (unpaired) electrons. The van der Waals surface area contributed by atoms with E-state index in [1.54, 1.807) is 6.92 Å². The number of carbonyl (C=O) groups is 2. The Balaban J connectivity index is 3.62. The number of carbonyl (C=O) groups excluding carboxylic acids is 2. The number of urea groups is 1. The Morgan fingerprint density at radius 3 is 2.33 bits per heavy atom. The molecular weight excluding hydrogens is 228 g/mol. The van der Waals surface area contributed by atoms with Crippen LogP contribution in [-0.2, 0) is 9.53 Å². The third-order valence-corrected chi connectivity index (χ3v) is 1.66. The van der Waals surface area contributed by atoms with E-state index in [0.717, 1.165) is 0 Å². The Labute approximate surface area is 88.2 Å². The van der Waals surface area contributed by atoms with E-state index in [1.165, 1.54) is 0 Å². The summed E-state index contributed by atoms with van der Waals surface area (Å²) >= 11 is 0. The minimum absolute atomic E-state index is 0.208. The van der Waals surface area contributed by atoms with Crippen LogP contribution in [-0.4, -0.2) is 44.7 Å². The first-order chi connectivity index (χ1) is 6.85.